The number of rotatable bonds is 1. The summed E-state index contributed by atoms with van der Waals surface area (Å²) in [6.07, 6.45) is 0. The molecule has 0 unspecified atom stereocenters. The van der Waals surface area contributed by atoms with E-state index in [0.29, 0.717) is 11.3 Å². The average Bonchev–Trinajstić information content (AvgIpc) is 2.49. The summed E-state index contributed by atoms with van der Waals surface area (Å²) < 4.78 is 5.04. The molecule has 0 saturated carbocycles. The molecule has 0 amide bonds. The fraction of sp³-hybridized carbons (Fsp3) is 0.100. The normalized spacial score (nSPS) is 10.2. The molecule has 1 aromatic heterocycles. The minimum absolute atomic E-state index is 0.168. The Morgan fingerprint density at radius 2 is 1.92 bits per heavy atom. The molecule has 3 nitrogen and oxygen atoms in total. The SMILES string of the molecule is Cc1c(-c2ccccc2)o[nH]c1=O. The van der Waals surface area contributed by atoms with Crippen molar-refractivity contribution in [3.05, 3.63) is 46.2 Å². The van der Waals surface area contributed by atoms with Crippen LogP contribution in [0.1, 0.15) is 5.56 Å². The third-order valence-corrected chi connectivity index (χ3v) is 1.96. The van der Waals surface area contributed by atoms with E-state index in [1.54, 1.807) is 6.92 Å². The van der Waals surface area contributed by atoms with Crippen molar-refractivity contribution in [1.29, 1.82) is 0 Å². The molecule has 2 rings (SSSR count). The zero-order valence-corrected chi connectivity index (χ0v) is 7.20. The highest BCUT2D eigenvalue weighted by Gasteiger charge is 2.08. The minimum Gasteiger partial charge on any atom is -0.378 e. The lowest BCUT2D eigenvalue weighted by atomic mass is 10.1. The summed E-state index contributed by atoms with van der Waals surface area (Å²) in [7, 11) is 0. The Bertz CT molecular complexity index is 453. The van der Waals surface area contributed by atoms with Gasteiger partial charge in [-0.15, -0.1) is 0 Å². The third-order valence-electron chi connectivity index (χ3n) is 1.96. The van der Waals surface area contributed by atoms with Gasteiger partial charge in [0.2, 0.25) is 0 Å². The Balaban J connectivity index is 2.60. The molecule has 0 spiro atoms. The summed E-state index contributed by atoms with van der Waals surface area (Å²) in [4.78, 5) is 11.1. The summed E-state index contributed by atoms with van der Waals surface area (Å²) in [6, 6.07) is 9.53. The summed E-state index contributed by atoms with van der Waals surface area (Å²) in [5.41, 5.74) is 1.36. The maximum Gasteiger partial charge on any atom is 0.283 e. The van der Waals surface area contributed by atoms with Crippen molar-refractivity contribution < 1.29 is 4.52 Å². The molecule has 3 heteroatoms. The van der Waals surface area contributed by atoms with Crippen molar-refractivity contribution in [2.24, 2.45) is 0 Å². The first kappa shape index (κ1) is 7.86. The second-order valence-corrected chi connectivity index (χ2v) is 2.85. The van der Waals surface area contributed by atoms with Crippen LogP contribution in [0.4, 0.5) is 0 Å². The fourth-order valence-corrected chi connectivity index (χ4v) is 1.22. The number of hydrogen-bond donors (Lipinski definition) is 1. The van der Waals surface area contributed by atoms with Crippen molar-refractivity contribution in [2.45, 2.75) is 6.92 Å². The lowest BCUT2D eigenvalue weighted by Crippen LogP contribution is -2.00. The van der Waals surface area contributed by atoms with E-state index in [2.05, 4.69) is 5.16 Å². The molecule has 0 bridgehead atoms. The van der Waals surface area contributed by atoms with Crippen LogP contribution in [-0.2, 0) is 0 Å². The second-order valence-electron chi connectivity index (χ2n) is 2.85. The molecule has 13 heavy (non-hydrogen) atoms. The predicted molar refractivity (Wildman–Crippen MR) is 49.5 cm³/mol. The van der Waals surface area contributed by atoms with Gasteiger partial charge in [0, 0.05) is 5.56 Å². The first-order chi connectivity index (χ1) is 6.29. The summed E-state index contributed by atoms with van der Waals surface area (Å²) in [5, 5.41) is 2.30. The topological polar surface area (TPSA) is 46.0 Å². The van der Waals surface area contributed by atoms with Crippen LogP contribution in [0.5, 0.6) is 0 Å². The number of benzene rings is 1. The highest BCUT2D eigenvalue weighted by Crippen LogP contribution is 2.19. The van der Waals surface area contributed by atoms with Crippen LogP contribution in [0, 0.1) is 6.92 Å². The molecular formula is C10H9NO2. The lowest BCUT2D eigenvalue weighted by molar-refractivity contribution is 0.425. The molecule has 1 N–H and O–H groups in total. The largest absolute Gasteiger partial charge is 0.378 e. The van der Waals surface area contributed by atoms with E-state index in [4.69, 9.17) is 4.52 Å². The van der Waals surface area contributed by atoms with Gasteiger partial charge in [-0.3, -0.25) is 4.79 Å². The highest BCUT2D eigenvalue weighted by molar-refractivity contribution is 5.59. The standard InChI is InChI=1S/C10H9NO2/c1-7-9(13-11-10(7)12)8-5-3-2-4-6-8/h2-6H,1H3,(H,11,12). The molecule has 1 aromatic carbocycles. The van der Waals surface area contributed by atoms with Crippen LogP contribution >= 0.6 is 0 Å². The number of nitrogens with one attached hydrogen (secondary N) is 1. The minimum atomic E-state index is -0.168. The summed E-state index contributed by atoms with van der Waals surface area (Å²) in [5.74, 6) is 0.616. The average molecular weight is 175 g/mol. The molecule has 0 aliphatic heterocycles. The van der Waals surface area contributed by atoms with Crippen molar-refractivity contribution >= 4 is 0 Å². The summed E-state index contributed by atoms with van der Waals surface area (Å²) in [6.45, 7) is 1.74. The van der Waals surface area contributed by atoms with Gasteiger partial charge in [-0.1, -0.05) is 30.3 Å². The van der Waals surface area contributed by atoms with E-state index in [1.165, 1.54) is 0 Å². The maximum absolute atomic E-state index is 11.1. The molecule has 2 aromatic rings. The van der Waals surface area contributed by atoms with Crippen LogP contribution in [0.15, 0.2) is 39.6 Å². The molecule has 66 valence electrons. The smallest absolute Gasteiger partial charge is 0.283 e. The Kier molecular flexibility index (Phi) is 1.77. The van der Waals surface area contributed by atoms with E-state index < -0.39 is 0 Å². The van der Waals surface area contributed by atoms with Crippen molar-refractivity contribution in [1.82, 2.24) is 5.16 Å². The Morgan fingerprint density at radius 3 is 2.46 bits per heavy atom. The van der Waals surface area contributed by atoms with Gasteiger partial charge in [0.1, 0.15) is 0 Å². The van der Waals surface area contributed by atoms with Crippen molar-refractivity contribution in [3.8, 4) is 11.3 Å². The summed E-state index contributed by atoms with van der Waals surface area (Å²) >= 11 is 0. The Labute approximate surface area is 75.0 Å². The van der Waals surface area contributed by atoms with Gasteiger partial charge < -0.3 is 4.52 Å². The molecule has 0 aliphatic carbocycles. The van der Waals surface area contributed by atoms with Crippen molar-refractivity contribution in [3.63, 3.8) is 0 Å². The Hall–Kier alpha value is -1.77. The lowest BCUT2D eigenvalue weighted by Gasteiger charge is -1.94. The fourth-order valence-electron chi connectivity index (χ4n) is 1.22. The van der Waals surface area contributed by atoms with E-state index in [1.807, 2.05) is 30.3 Å². The number of H-pyrrole nitrogens is 1. The van der Waals surface area contributed by atoms with Gasteiger partial charge in [0.15, 0.2) is 5.76 Å². The van der Waals surface area contributed by atoms with Crippen LogP contribution in [-0.4, -0.2) is 5.16 Å². The van der Waals surface area contributed by atoms with Gasteiger partial charge in [-0.05, 0) is 6.92 Å². The second kappa shape index (κ2) is 2.94. The van der Waals surface area contributed by atoms with E-state index in [9.17, 15) is 4.79 Å². The number of aromatic amines is 1. The van der Waals surface area contributed by atoms with Gasteiger partial charge in [-0.2, -0.15) is 5.16 Å². The number of aromatic nitrogens is 1. The predicted octanol–water partition coefficient (Wildman–Crippen LogP) is 1.94. The third kappa shape index (κ3) is 1.28. The molecule has 0 saturated heterocycles. The molecule has 0 atom stereocenters. The van der Waals surface area contributed by atoms with Crippen LogP contribution in [0.3, 0.4) is 0 Å². The van der Waals surface area contributed by atoms with Crippen LogP contribution < -0.4 is 5.56 Å². The monoisotopic (exact) mass is 175 g/mol. The molecule has 0 fully saturated rings. The molecular weight excluding hydrogens is 166 g/mol. The highest BCUT2D eigenvalue weighted by atomic mass is 16.5. The molecule has 0 radical (unpaired) electrons. The first-order valence-electron chi connectivity index (χ1n) is 4.02. The maximum atomic E-state index is 11.1. The zero-order valence-electron chi connectivity index (χ0n) is 7.20. The first-order valence-corrected chi connectivity index (χ1v) is 4.02. The van der Waals surface area contributed by atoms with E-state index >= 15 is 0 Å². The van der Waals surface area contributed by atoms with Crippen LogP contribution in [0.25, 0.3) is 11.3 Å². The van der Waals surface area contributed by atoms with Gasteiger partial charge >= 0.3 is 0 Å². The number of hydrogen-bond acceptors (Lipinski definition) is 2. The van der Waals surface area contributed by atoms with Gasteiger partial charge in [0.05, 0.1) is 5.56 Å². The Morgan fingerprint density at radius 1 is 1.23 bits per heavy atom. The van der Waals surface area contributed by atoms with Crippen molar-refractivity contribution in [2.75, 3.05) is 0 Å². The van der Waals surface area contributed by atoms with Gasteiger partial charge in [0.25, 0.3) is 5.56 Å². The quantitative estimate of drug-likeness (QED) is 0.719. The van der Waals surface area contributed by atoms with Gasteiger partial charge in [-0.25, -0.2) is 0 Å². The molecule has 1 heterocycles. The van der Waals surface area contributed by atoms with E-state index in [0.717, 1.165) is 5.56 Å². The van der Waals surface area contributed by atoms with E-state index in [-0.39, 0.29) is 5.56 Å². The van der Waals surface area contributed by atoms with Crippen LogP contribution in [0.2, 0.25) is 0 Å². The zero-order chi connectivity index (χ0) is 9.26. The molecule has 0 aliphatic rings.